The lowest BCUT2D eigenvalue weighted by atomic mass is 9.88. The Hall–Kier alpha value is -1.84. The van der Waals surface area contributed by atoms with Gasteiger partial charge in [-0.25, -0.2) is 4.79 Å². The highest BCUT2D eigenvalue weighted by atomic mass is 16.6. The number of likely N-dealkylation sites (tertiary alicyclic amines) is 1. The fraction of sp³-hybridized carbons (Fsp3) is 0.529. The van der Waals surface area contributed by atoms with Crippen molar-refractivity contribution in [2.24, 2.45) is 0 Å². The lowest BCUT2D eigenvalue weighted by Gasteiger charge is -2.40. The van der Waals surface area contributed by atoms with Crippen molar-refractivity contribution in [3.63, 3.8) is 0 Å². The fourth-order valence-electron chi connectivity index (χ4n) is 2.59. The summed E-state index contributed by atoms with van der Waals surface area (Å²) in [5.74, 6) is 0.329. The van der Waals surface area contributed by atoms with E-state index in [0.29, 0.717) is 19.0 Å². The number of aryl methyl sites for hydroxylation is 2. The van der Waals surface area contributed by atoms with Gasteiger partial charge in [0.2, 0.25) is 0 Å². The fourth-order valence-corrected chi connectivity index (χ4v) is 2.59. The third-order valence-corrected chi connectivity index (χ3v) is 3.74. The summed E-state index contributed by atoms with van der Waals surface area (Å²) in [7, 11) is 0. The summed E-state index contributed by atoms with van der Waals surface area (Å²) in [4.78, 5) is 24.6. The first-order valence-electron chi connectivity index (χ1n) is 7.25. The van der Waals surface area contributed by atoms with Crippen molar-refractivity contribution in [2.75, 3.05) is 13.1 Å². The Morgan fingerprint density at radius 2 is 1.76 bits per heavy atom. The minimum absolute atomic E-state index is 0.253. The van der Waals surface area contributed by atoms with Crippen LogP contribution in [0.5, 0.6) is 0 Å². The molecule has 1 aromatic rings. The molecule has 1 saturated heterocycles. The molecule has 1 aliphatic heterocycles. The number of carbonyl (C=O) groups excluding carboxylic acids is 2. The summed E-state index contributed by atoms with van der Waals surface area (Å²) in [6.45, 7) is 10.9. The molecule has 0 aromatic heterocycles. The van der Waals surface area contributed by atoms with Crippen LogP contribution in [0.2, 0.25) is 0 Å². The number of amides is 1. The van der Waals surface area contributed by atoms with Crippen LogP contribution in [0.25, 0.3) is 0 Å². The van der Waals surface area contributed by atoms with Crippen LogP contribution in [-0.2, 0) is 4.74 Å². The summed E-state index contributed by atoms with van der Waals surface area (Å²) in [5.41, 5.74) is 3.49. The highest BCUT2D eigenvalue weighted by Gasteiger charge is 2.34. The molecule has 1 amide bonds. The monoisotopic (exact) mass is 289 g/mol. The first-order chi connectivity index (χ1) is 9.71. The Labute approximate surface area is 126 Å². The van der Waals surface area contributed by atoms with Crippen molar-refractivity contribution in [2.45, 2.75) is 46.1 Å². The quantitative estimate of drug-likeness (QED) is 0.783. The van der Waals surface area contributed by atoms with E-state index in [4.69, 9.17) is 4.74 Å². The molecular weight excluding hydrogens is 266 g/mol. The van der Waals surface area contributed by atoms with E-state index in [2.05, 4.69) is 0 Å². The van der Waals surface area contributed by atoms with Gasteiger partial charge in [0, 0.05) is 24.6 Å². The van der Waals surface area contributed by atoms with E-state index in [9.17, 15) is 9.59 Å². The van der Waals surface area contributed by atoms with Crippen molar-refractivity contribution in [3.8, 4) is 0 Å². The number of rotatable bonds is 2. The third kappa shape index (κ3) is 3.43. The molecule has 1 heterocycles. The summed E-state index contributed by atoms with van der Waals surface area (Å²) < 4.78 is 5.35. The van der Waals surface area contributed by atoms with Crippen LogP contribution in [0.15, 0.2) is 12.1 Å². The molecule has 1 aliphatic rings. The van der Waals surface area contributed by atoms with E-state index in [1.165, 1.54) is 5.56 Å². The van der Waals surface area contributed by atoms with Crippen LogP contribution in [-0.4, -0.2) is 36.0 Å². The summed E-state index contributed by atoms with van der Waals surface area (Å²) in [5, 5.41) is 0. The third-order valence-electron chi connectivity index (χ3n) is 3.74. The van der Waals surface area contributed by atoms with Gasteiger partial charge in [-0.3, -0.25) is 4.79 Å². The molecule has 0 aliphatic carbocycles. The normalized spacial score (nSPS) is 15.6. The molecule has 0 N–H and O–H groups in total. The molecule has 0 unspecified atom stereocenters. The number of carbonyl (C=O) groups is 2. The second-order valence-corrected chi connectivity index (χ2v) is 6.77. The zero-order valence-corrected chi connectivity index (χ0v) is 13.4. The maximum atomic E-state index is 11.9. The lowest BCUT2D eigenvalue weighted by Crippen LogP contribution is -2.50. The molecule has 0 spiro atoms. The number of ether oxygens (including phenoxy) is 1. The largest absolute Gasteiger partial charge is 0.444 e. The first kappa shape index (κ1) is 15.5. The summed E-state index contributed by atoms with van der Waals surface area (Å²) >= 11 is 0. The Kier molecular flexibility index (Phi) is 4.08. The van der Waals surface area contributed by atoms with Gasteiger partial charge in [-0.05, 0) is 51.3 Å². The highest BCUT2D eigenvalue weighted by molar-refractivity contribution is 5.79. The van der Waals surface area contributed by atoms with Crippen LogP contribution in [0.4, 0.5) is 4.79 Å². The molecule has 2 rings (SSSR count). The predicted octanol–water partition coefficient (Wildman–Crippen LogP) is 3.45. The van der Waals surface area contributed by atoms with E-state index in [0.717, 1.165) is 23.0 Å². The van der Waals surface area contributed by atoms with Crippen molar-refractivity contribution >= 4 is 12.4 Å². The number of nitrogens with zero attached hydrogens (tertiary/aromatic N) is 1. The lowest BCUT2D eigenvalue weighted by molar-refractivity contribution is 0.00819. The van der Waals surface area contributed by atoms with Crippen LogP contribution in [0.1, 0.15) is 53.7 Å². The maximum Gasteiger partial charge on any atom is 0.410 e. The number of aldehydes is 1. The molecule has 4 nitrogen and oxygen atoms in total. The van der Waals surface area contributed by atoms with E-state index < -0.39 is 5.60 Å². The van der Waals surface area contributed by atoms with Crippen molar-refractivity contribution in [1.82, 2.24) is 4.90 Å². The van der Waals surface area contributed by atoms with Crippen LogP contribution in [0.3, 0.4) is 0 Å². The highest BCUT2D eigenvalue weighted by Crippen LogP contribution is 2.30. The molecular formula is C17H23NO3. The van der Waals surface area contributed by atoms with E-state index in [-0.39, 0.29) is 6.09 Å². The topological polar surface area (TPSA) is 46.6 Å². The zero-order chi connectivity index (χ0) is 15.8. The summed E-state index contributed by atoms with van der Waals surface area (Å²) in [6.07, 6.45) is 0.652. The Morgan fingerprint density at radius 1 is 1.24 bits per heavy atom. The van der Waals surface area contributed by atoms with Gasteiger partial charge in [0.15, 0.2) is 6.29 Å². The molecule has 21 heavy (non-hydrogen) atoms. The maximum absolute atomic E-state index is 11.9. The second-order valence-electron chi connectivity index (χ2n) is 6.77. The van der Waals surface area contributed by atoms with Gasteiger partial charge in [-0.15, -0.1) is 0 Å². The molecule has 0 radical (unpaired) electrons. The number of hydrogen-bond acceptors (Lipinski definition) is 3. The van der Waals surface area contributed by atoms with Gasteiger partial charge in [0.25, 0.3) is 0 Å². The van der Waals surface area contributed by atoms with Gasteiger partial charge in [-0.1, -0.05) is 12.1 Å². The standard InChI is InChI=1S/C17H23NO3/c1-11-6-13(7-12(2)15(11)10-19)14-8-18(9-14)16(20)21-17(3,4)5/h6-7,10,14H,8-9H2,1-5H3. The van der Waals surface area contributed by atoms with Crippen molar-refractivity contribution in [3.05, 3.63) is 34.4 Å². The van der Waals surface area contributed by atoms with Crippen LogP contribution < -0.4 is 0 Å². The van der Waals surface area contributed by atoms with Gasteiger partial charge in [0.1, 0.15) is 5.60 Å². The van der Waals surface area contributed by atoms with E-state index in [1.807, 2.05) is 46.8 Å². The van der Waals surface area contributed by atoms with Crippen LogP contribution >= 0.6 is 0 Å². The molecule has 114 valence electrons. The van der Waals surface area contributed by atoms with Gasteiger partial charge >= 0.3 is 6.09 Å². The van der Waals surface area contributed by atoms with E-state index in [1.54, 1.807) is 4.90 Å². The zero-order valence-electron chi connectivity index (χ0n) is 13.4. The second kappa shape index (κ2) is 5.51. The minimum Gasteiger partial charge on any atom is -0.444 e. The van der Waals surface area contributed by atoms with E-state index >= 15 is 0 Å². The van der Waals surface area contributed by atoms with Crippen molar-refractivity contribution in [1.29, 1.82) is 0 Å². The first-order valence-corrected chi connectivity index (χ1v) is 7.25. The average molecular weight is 289 g/mol. The number of benzene rings is 1. The molecule has 4 heteroatoms. The summed E-state index contributed by atoms with van der Waals surface area (Å²) in [6, 6.07) is 4.10. The molecule has 0 atom stereocenters. The van der Waals surface area contributed by atoms with Crippen LogP contribution in [0, 0.1) is 13.8 Å². The van der Waals surface area contributed by atoms with Gasteiger partial charge in [0.05, 0.1) is 0 Å². The Morgan fingerprint density at radius 3 is 2.19 bits per heavy atom. The minimum atomic E-state index is -0.457. The average Bonchev–Trinajstić information content (AvgIpc) is 2.23. The molecule has 0 bridgehead atoms. The Balaban J connectivity index is 2.02. The van der Waals surface area contributed by atoms with Gasteiger partial charge < -0.3 is 9.64 Å². The SMILES string of the molecule is Cc1cc(C2CN(C(=O)OC(C)(C)C)C2)cc(C)c1C=O. The number of hydrogen-bond donors (Lipinski definition) is 0. The molecule has 1 fully saturated rings. The molecule has 1 aromatic carbocycles. The molecule has 0 saturated carbocycles. The Bertz CT molecular complexity index is 543. The van der Waals surface area contributed by atoms with Crippen molar-refractivity contribution < 1.29 is 14.3 Å². The smallest absolute Gasteiger partial charge is 0.410 e. The predicted molar refractivity (Wildman–Crippen MR) is 81.9 cm³/mol. The van der Waals surface area contributed by atoms with Gasteiger partial charge in [-0.2, -0.15) is 0 Å².